The quantitative estimate of drug-likeness (QED) is 0.519. The van der Waals surface area contributed by atoms with Crippen molar-refractivity contribution in [2.45, 2.75) is 18.3 Å². The molecule has 2 bridgehead atoms. The van der Waals surface area contributed by atoms with Crippen LogP contribution in [-0.4, -0.2) is 23.9 Å². The average molecular weight is 284 g/mol. The molecular formula is C15H8O6. The van der Waals surface area contributed by atoms with E-state index in [1.54, 1.807) is 12.1 Å². The van der Waals surface area contributed by atoms with Crippen LogP contribution >= 0.6 is 0 Å². The molecule has 1 saturated carbocycles. The molecular weight excluding hydrogens is 276 g/mol. The third-order valence-electron chi connectivity index (χ3n) is 5.15. The zero-order valence-electron chi connectivity index (χ0n) is 10.6. The van der Waals surface area contributed by atoms with Crippen LogP contribution in [0.3, 0.4) is 0 Å². The molecule has 0 amide bonds. The van der Waals surface area contributed by atoms with Gasteiger partial charge in [0, 0.05) is 0 Å². The minimum atomic E-state index is -0.651. The van der Waals surface area contributed by atoms with Gasteiger partial charge in [0.25, 0.3) is 0 Å². The predicted octanol–water partition coefficient (Wildman–Crippen LogP) is 0.897. The number of ether oxygens (including phenoxy) is 2. The van der Waals surface area contributed by atoms with Crippen LogP contribution in [0.4, 0.5) is 0 Å². The second-order valence-electron chi connectivity index (χ2n) is 5.94. The molecule has 104 valence electrons. The maximum absolute atomic E-state index is 11.8. The SMILES string of the molecule is O=C1OC(=O)c2cc3c(cc21)C1CC3C2C(=O)OC(=O)C12. The molecule has 6 heteroatoms. The zero-order chi connectivity index (χ0) is 14.5. The molecule has 1 saturated heterocycles. The van der Waals surface area contributed by atoms with Crippen LogP contribution in [0.2, 0.25) is 0 Å². The molecule has 2 heterocycles. The van der Waals surface area contributed by atoms with Crippen LogP contribution in [0.1, 0.15) is 50.1 Å². The molecule has 4 aliphatic rings. The Morgan fingerprint density at radius 1 is 0.762 bits per heavy atom. The van der Waals surface area contributed by atoms with Gasteiger partial charge < -0.3 is 9.47 Å². The Hall–Kier alpha value is -2.50. The topological polar surface area (TPSA) is 86.7 Å². The van der Waals surface area contributed by atoms with Crippen LogP contribution in [0.5, 0.6) is 0 Å². The van der Waals surface area contributed by atoms with Crippen LogP contribution in [-0.2, 0) is 19.1 Å². The van der Waals surface area contributed by atoms with Gasteiger partial charge in [0.1, 0.15) is 0 Å². The standard InChI is InChI=1S/C15H8O6/c16-12-8-1-4-5(2-9(8)13(17)20-12)7-3-6(4)10-11(7)15(19)21-14(10)18/h1-2,6-7,10-11H,3H2. The van der Waals surface area contributed by atoms with Crippen molar-refractivity contribution in [3.8, 4) is 0 Å². The van der Waals surface area contributed by atoms with E-state index in [0.29, 0.717) is 6.42 Å². The maximum atomic E-state index is 11.8. The lowest BCUT2D eigenvalue weighted by molar-refractivity contribution is -0.154. The minimum Gasteiger partial charge on any atom is -0.393 e. The molecule has 5 rings (SSSR count). The Morgan fingerprint density at radius 3 is 1.71 bits per heavy atom. The first kappa shape index (κ1) is 11.2. The van der Waals surface area contributed by atoms with Crippen molar-refractivity contribution in [1.82, 2.24) is 0 Å². The molecule has 6 nitrogen and oxygen atoms in total. The monoisotopic (exact) mass is 284 g/mol. The number of hydrogen-bond acceptors (Lipinski definition) is 6. The summed E-state index contributed by atoms with van der Waals surface area (Å²) in [6, 6.07) is 3.30. The fraction of sp³-hybridized carbons (Fsp3) is 0.333. The summed E-state index contributed by atoms with van der Waals surface area (Å²) >= 11 is 0. The summed E-state index contributed by atoms with van der Waals surface area (Å²) in [6.07, 6.45) is 0.692. The van der Waals surface area contributed by atoms with Gasteiger partial charge in [-0.3, -0.25) is 9.59 Å². The highest BCUT2D eigenvalue weighted by Gasteiger charge is 2.62. The number of fused-ring (bicyclic) bond motifs is 9. The van der Waals surface area contributed by atoms with E-state index >= 15 is 0 Å². The minimum absolute atomic E-state index is 0.109. The molecule has 0 radical (unpaired) electrons. The predicted molar refractivity (Wildman–Crippen MR) is 64.4 cm³/mol. The van der Waals surface area contributed by atoms with Gasteiger partial charge in [-0.15, -0.1) is 0 Å². The summed E-state index contributed by atoms with van der Waals surface area (Å²) in [4.78, 5) is 46.9. The Bertz CT molecular complexity index is 729. The molecule has 0 spiro atoms. The van der Waals surface area contributed by atoms with Crippen molar-refractivity contribution < 1.29 is 28.7 Å². The maximum Gasteiger partial charge on any atom is 0.346 e. The Labute approximate surface area is 118 Å². The highest BCUT2D eigenvalue weighted by molar-refractivity contribution is 6.15. The molecule has 1 aromatic rings. The summed E-state index contributed by atoms with van der Waals surface area (Å²) < 4.78 is 9.35. The number of carbonyl (C=O) groups is 4. The van der Waals surface area contributed by atoms with Gasteiger partial charge in [0.05, 0.1) is 23.0 Å². The Kier molecular flexibility index (Phi) is 1.71. The van der Waals surface area contributed by atoms with Crippen molar-refractivity contribution in [3.63, 3.8) is 0 Å². The van der Waals surface area contributed by atoms with Crippen LogP contribution in [0, 0.1) is 11.8 Å². The van der Waals surface area contributed by atoms with E-state index in [-0.39, 0.29) is 23.0 Å². The van der Waals surface area contributed by atoms with Crippen LogP contribution in [0.15, 0.2) is 12.1 Å². The largest absolute Gasteiger partial charge is 0.393 e. The number of cyclic esters (lactones) is 4. The second-order valence-corrected chi connectivity index (χ2v) is 5.94. The van der Waals surface area contributed by atoms with E-state index in [2.05, 4.69) is 4.74 Å². The fourth-order valence-electron chi connectivity index (χ4n) is 4.37. The molecule has 4 atom stereocenters. The Balaban J connectivity index is 1.73. The van der Waals surface area contributed by atoms with Crippen LogP contribution < -0.4 is 0 Å². The summed E-state index contributed by atoms with van der Waals surface area (Å²) in [5.41, 5.74) is 2.25. The van der Waals surface area contributed by atoms with E-state index in [0.717, 1.165) is 11.1 Å². The summed E-state index contributed by atoms with van der Waals surface area (Å²) in [5, 5.41) is 0. The zero-order valence-corrected chi connectivity index (χ0v) is 10.6. The van der Waals surface area contributed by atoms with Crippen molar-refractivity contribution in [1.29, 1.82) is 0 Å². The van der Waals surface area contributed by atoms with Crippen molar-refractivity contribution >= 4 is 23.9 Å². The first-order valence-corrected chi connectivity index (χ1v) is 6.76. The molecule has 2 aliphatic carbocycles. The third kappa shape index (κ3) is 1.11. The first-order valence-electron chi connectivity index (χ1n) is 6.76. The van der Waals surface area contributed by atoms with Gasteiger partial charge in [-0.1, -0.05) is 0 Å². The van der Waals surface area contributed by atoms with Crippen molar-refractivity contribution in [2.24, 2.45) is 11.8 Å². The molecule has 4 unspecified atom stereocenters. The number of rotatable bonds is 0. The normalized spacial score (nSPS) is 34.7. The lowest BCUT2D eigenvalue weighted by Gasteiger charge is -2.22. The van der Waals surface area contributed by atoms with E-state index in [4.69, 9.17) is 4.74 Å². The van der Waals surface area contributed by atoms with Gasteiger partial charge in [-0.2, -0.15) is 0 Å². The highest BCUT2D eigenvalue weighted by Crippen LogP contribution is 2.62. The van der Waals surface area contributed by atoms with Crippen LogP contribution in [0.25, 0.3) is 0 Å². The fourth-order valence-corrected chi connectivity index (χ4v) is 4.37. The number of hydrogen-bond donors (Lipinski definition) is 0. The number of carbonyl (C=O) groups excluding carboxylic acids is 4. The molecule has 2 fully saturated rings. The molecule has 2 aliphatic heterocycles. The van der Waals surface area contributed by atoms with Gasteiger partial charge in [0.15, 0.2) is 0 Å². The molecule has 1 aromatic carbocycles. The highest BCUT2D eigenvalue weighted by atomic mass is 16.6. The second kappa shape index (κ2) is 3.21. The van der Waals surface area contributed by atoms with E-state index in [9.17, 15) is 19.2 Å². The average Bonchev–Trinajstić information content (AvgIpc) is 3.13. The lowest BCUT2D eigenvalue weighted by Crippen LogP contribution is -2.24. The Morgan fingerprint density at radius 2 is 1.24 bits per heavy atom. The summed E-state index contributed by atoms with van der Waals surface area (Å²) in [7, 11) is 0. The molecule has 0 aromatic heterocycles. The summed E-state index contributed by atoms with van der Waals surface area (Å²) in [5.74, 6) is -3.35. The first-order chi connectivity index (χ1) is 10.1. The van der Waals surface area contributed by atoms with Gasteiger partial charge >= 0.3 is 23.9 Å². The van der Waals surface area contributed by atoms with Crippen molar-refractivity contribution in [3.05, 3.63) is 34.4 Å². The summed E-state index contributed by atoms with van der Waals surface area (Å²) in [6.45, 7) is 0. The van der Waals surface area contributed by atoms with E-state index in [1.165, 1.54) is 0 Å². The smallest absolute Gasteiger partial charge is 0.346 e. The number of benzene rings is 1. The van der Waals surface area contributed by atoms with E-state index < -0.39 is 35.7 Å². The van der Waals surface area contributed by atoms with Gasteiger partial charge in [0.2, 0.25) is 0 Å². The van der Waals surface area contributed by atoms with Gasteiger partial charge in [-0.05, 0) is 41.5 Å². The van der Waals surface area contributed by atoms with Gasteiger partial charge in [-0.25, -0.2) is 9.59 Å². The van der Waals surface area contributed by atoms with Crippen molar-refractivity contribution in [2.75, 3.05) is 0 Å². The number of esters is 4. The molecule has 0 N–H and O–H groups in total. The molecule has 21 heavy (non-hydrogen) atoms. The van der Waals surface area contributed by atoms with E-state index in [1.807, 2.05) is 0 Å². The third-order valence-corrected chi connectivity index (χ3v) is 5.15. The lowest BCUT2D eigenvalue weighted by atomic mass is 9.76.